The molecule has 0 fully saturated rings. The molecule has 1 rings (SSSR count). The minimum atomic E-state index is -2.69. The molecule has 0 spiro atoms. The van der Waals surface area contributed by atoms with Crippen molar-refractivity contribution in [2.75, 3.05) is 7.11 Å². The van der Waals surface area contributed by atoms with Crippen molar-refractivity contribution in [2.24, 2.45) is 0 Å². The molecule has 0 aliphatic heterocycles. The molecule has 2 nitrogen and oxygen atoms in total. The van der Waals surface area contributed by atoms with Crippen LogP contribution in [0.3, 0.4) is 0 Å². The Kier molecular flexibility index (Phi) is 4.10. The second-order valence-corrected chi connectivity index (χ2v) is 2.94. The molecule has 0 heterocycles. The minimum Gasteiger partial charge on any atom is -0.496 e. The summed E-state index contributed by atoms with van der Waals surface area (Å²) in [4.78, 5) is 10.0. The van der Waals surface area contributed by atoms with Gasteiger partial charge in [-0.3, -0.25) is 4.79 Å². The van der Waals surface area contributed by atoms with Crippen molar-refractivity contribution in [2.45, 2.75) is 6.43 Å². The number of carbonyl (C=O) groups is 1. The molecular weight excluding hydrogens is 221 g/mol. The quantitative estimate of drug-likeness (QED) is 0.586. The summed E-state index contributed by atoms with van der Waals surface area (Å²) in [6.45, 7) is 0. The van der Waals surface area contributed by atoms with Gasteiger partial charge < -0.3 is 4.74 Å². The Balaban J connectivity index is 3.07. The largest absolute Gasteiger partial charge is 0.496 e. The molecule has 0 saturated carbocycles. The third-order valence-corrected chi connectivity index (χ3v) is 1.90. The van der Waals surface area contributed by atoms with Gasteiger partial charge in [-0.2, -0.15) is 4.39 Å². The highest BCUT2D eigenvalue weighted by atomic mass is 19.3. The van der Waals surface area contributed by atoms with E-state index < -0.39 is 12.5 Å². The summed E-state index contributed by atoms with van der Waals surface area (Å²) in [6, 6.07) is 2.30. The van der Waals surface area contributed by atoms with Gasteiger partial charge in [-0.05, 0) is 23.8 Å². The Labute approximate surface area is 90.3 Å². The van der Waals surface area contributed by atoms with Crippen LogP contribution < -0.4 is 4.74 Å². The molecule has 1 aromatic carbocycles. The number of alkyl halides is 2. The van der Waals surface area contributed by atoms with E-state index in [4.69, 9.17) is 4.74 Å². The first-order chi connectivity index (χ1) is 7.54. The van der Waals surface area contributed by atoms with Crippen LogP contribution in [0, 0.1) is 0 Å². The standard InChI is InChI=1S/C11H9F3O2/c1-16-9-4-2-7(3-5-10(12)15)6-8(9)11(13)14/h2-6,11H,1H3/b5-3+. The molecule has 0 radical (unpaired) electrons. The van der Waals surface area contributed by atoms with E-state index in [-0.39, 0.29) is 11.3 Å². The lowest BCUT2D eigenvalue weighted by molar-refractivity contribution is -0.124. The molecule has 5 heteroatoms. The Morgan fingerprint density at radius 1 is 1.44 bits per heavy atom. The lowest BCUT2D eigenvalue weighted by Crippen LogP contribution is -1.93. The molecule has 1 aromatic rings. The molecule has 0 aliphatic carbocycles. The van der Waals surface area contributed by atoms with Gasteiger partial charge in [0.15, 0.2) is 0 Å². The molecule has 0 atom stereocenters. The fourth-order valence-corrected chi connectivity index (χ4v) is 1.19. The number of rotatable bonds is 4. The van der Waals surface area contributed by atoms with Crippen molar-refractivity contribution in [1.82, 2.24) is 0 Å². The topological polar surface area (TPSA) is 26.3 Å². The lowest BCUT2D eigenvalue weighted by Gasteiger charge is -2.08. The van der Waals surface area contributed by atoms with Gasteiger partial charge in [-0.1, -0.05) is 6.07 Å². The van der Waals surface area contributed by atoms with E-state index in [1.165, 1.54) is 19.2 Å². The summed E-state index contributed by atoms with van der Waals surface area (Å²) in [6.07, 6.45) is -0.908. The van der Waals surface area contributed by atoms with E-state index in [9.17, 15) is 18.0 Å². The Bertz CT molecular complexity index is 414. The first-order valence-electron chi connectivity index (χ1n) is 4.38. The average molecular weight is 230 g/mol. The predicted octanol–water partition coefficient (Wildman–Crippen LogP) is 3.14. The van der Waals surface area contributed by atoms with Crippen LogP contribution in [0.2, 0.25) is 0 Å². The molecule has 0 amide bonds. The van der Waals surface area contributed by atoms with Crippen molar-refractivity contribution in [3.8, 4) is 5.75 Å². The van der Waals surface area contributed by atoms with Gasteiger partial charge in [0.05, 0.1) is 12.7 Å². The first kappa shape index (κ1) is 12.3. The van der Waals surface area contributed by atoms with Gasteiger partial charge in [0.25, 0.3) is 6.43 Å². The average Bonchev–Trinajstić information content (AvgIpc) is 2.25. The summed E-state index contributed by atoms with van der Waals surface area (Å²) in [5.41, 5.74) is 0.0121. The van der Waals surface area contributed by atoms with E-state index in [0.29, 0.717) is 11.6 Å². The van der Waals surface area contributed by atoms with Crippen molar-refractivity contribution >= 4 is 12.1 Å². The third kappa shape index (κ3) is 3.12. The molecule has 0 unspecified atom stereocenters. The summed E-state index contributed by atoms with van der Waals surface area (Å²) in [5, 5.41) is 0. The van der Waals surface area contributed by atoms with Crippen LogP contribution in [-0.4, -0.2) is 13.1 Å². The number of carbonyl (C=O) groups excluding carboxylic acids is 1. The van der Waals surface area contributed by atoms with E-state index in [0.717, 1.165) is 12.1 Å². The maximum Gasteiger partial charge on any atom is 0.324 e. The number of hydrogen-bond acceptors (Lipinski definition) is 2. The second kappa shape index (κ2) is 5.34. The third-order valence-electron chi connectivity index (χ3n) is 1.90. The maximum absolute atomic E-state index is 12.5. The van der Waals surface area contributed by atoms with Gasteiger partial charge >= 0.3 is 6.04 Å². The summed E-state index contributed by atoms with van der Waals surface area (Å²) in [7, 11) is 1.28. The molecule has 0 saturated heterocycles. The first-order valence-corrected chi connectivity index (χ1v) is 4.38. The molecule has 16 heavy (non-hydrogen) atoms. The van der Waals surface area contributed by atoms with E-state index in [1.807, 2.05) is 0 Å². The Morgan fingerprint density at radius 3 is 2.62 bits per heavy atom. The summed E-state index contributed by atoms with van der Waals surface area (Å²) < 4.78 is 41.7. The predicted molar refractivity (Wildman–Crippen MR) is 53.1 cm³/mol. The van der Waals surface area contributed by atoms with Crippen LogP contribution in [0.1, 0.15) is 17.6 Å². The van der Waals surface area contributed by atoms with E-state index in [1.54, 1.807) is 0 Å². The van der Waals surface area contributed by atoms with E-state index >= 15 is 0 Å². The zero-order valence-corrected chi connectivity index (χ0v) is 8.41. The number of benzene rings is 1. The van der Waals surface area contributed by atoms with Crippen molar-refractivity contribution in [1.29, 1.82) is 0 Å². The highest BCUT2D eigenvalue weighted by Crippen LogP contribution is 2.29. The maximum atomic E-state index is 12.5. The van der Waals surface area contributed by atoms with Crippen molar-refractivity contribution in [3.05, 3.63) is 35.4 Å². The zero-order valence-electron chi connectivity index (χ0n) is 8.41. The van der Waals surface area contributed by atoms with Crippen LogP contribution in [-0.2, 0) is 4.79 Å². The van der Waals surface area contributed by atoms with Gasteiger partial charge in [-0.25, -0.2) is 8.78 Å². The normalized spacial score (nSPS) is 11.1. The van der Waals surface area contributed by atoms with Crippen LogP contribution in [0.25, 0.3) is 6.08 Å². The highest BCUT2D eigenvalue weighted by Gasteiger charge is 2.13. The molecule has 0 aromatic heterocycles. The number of methoxy groups -OCH3 is 1. The number of halogens is 3. The van der Waals surface area contributed by atoms with Crippen LogP contribution in [0.4, 0.5) is 13.2 Å². The Morgan fingerprint density at radius 2 is 2.12 bits per heavy atom. The number of allylic oxidation sites excluding steroid dienone is 1. The van der Waals surface area contributed by atoms with Gasteiger partial charge in [0.2, 0.25) is 0 Å². The Hall–Kier alpha value is -1.78. The summed E-state index contributed by atoms with van der Waals surface area (Å²) in [5.74, 6) is 0.0544. The summed E-state index contributed by atoms with van der Waals surface area (Å²) >= 11 is 0. The number of hydrogen-bond donors (Lipinski definition) is 0. The lowest BCUT2D eigenvalue weighted by atomic mass is 10.1. The van der Waals surface area contributed by atoms with Crippen LogP contribution >= 0.6 is 0 Å². The van der Waals surface area contributed by atoms with E-state index in [2.05, 4.69) is 0 Å². The number of ether oxygens (including phenoxy) is 1. The molecule has 0 N–H and O–H groups in total. The monoisotopic (exact) mass is 230 g/mol. The fourth-order valence-electron chi connectivity index (χ4n) is 1.19. The molecule has 0 bridgehead atoms. The highest BCUT2D eigenvalue weighted by molar-refractivity contribution is 5.86. The van der Waals surface area contributed by atoms with Crippen LogP contribution in [0.15, 0.2) is 24.3 Å². The smallest absolute Gasteiger partial charge is 0.324 e. The molecule has 0 aliphatic rings. The van der Waals surface area contributed by atoms with Crippen molar-refractivity contribution in [3.63, 3.8) is 0 Å². The van der Waals surface area contributed by atoms with Gasteiger partial charge in [-0.15, -0.1) is 0 Å². The molecule has 86 valence electrons. The van der Waals surface area contributed by atoms with Gasteiger partial charge in [0, 0.05) is 6.08 Å². The SMILES string of the molecule is COc1ccc(/C=C/C(=O)F)cc1C(F)F. The zero-order chi connectivity index (χ0) is 12.1. The molecular formula is C11H9F3O2. The second-order valence-electron chi connectivity index (χ2n) is 2.94. The minimum absolute atomic E-state index is 0.0544. The van der Waals surface area contributed by atoms with Gasteiger partial charge in [0.1, 0.15) is 5.75 Å². The van der Waals surface area contributed by atoms with Crippen LogP contribution in [0.5, 0.6) is 5.75 Å². The van der Waals surface area contributed by atoms with Crippen molar-refractivity contribution < 1.29 is 22.7 Å². The fraction of sp³-hybridized carbons (Fsp3) is 0.182.